The fourth-order valence-electron chi connectivity index (χ4n) is 2.29. The van der Waals surface area contributed by atoms with E-state index in [1.165, 1.54) is 12.7 Å². The Morgan fingerprint density at radius 3 is 2.80 bits per heavy atom. The van der Waals surface area contributed by atoms with Gasteiger partial charge in [-0.3, -0.25) is 4.98 Å². The van der Waals surface area contributed by atoms with Crippen LogP contribution in [0.3, 0.4) is 0 Å². The zero-order valence-corrected chi connectivity index (χ0v) is 12.4. The smallest absolute Gasteiger partial charge is 0.341 e. The van der Waals surface area contributed by atoms with E-state index in [-0.39, 0.29) is 5.97 Å². The molecule has 0 saturated heterocycles. The number of anilines is 1. The summed E-state index contributed by atoms with van der Waals surface area (Å²) in [5, 5.41) is 4.05. The molecule has 1 N–H and O–H groups in total. The van der Waals surface area contributed by atoms with Gasteiger partial charge in [0.2, 0.25) is 0 Å². The van der Waals surface area contributed by atoms with E-state index in [0.717, 1.165) is 23.0 Å². The molecular weight excluding hydrogens is 252 g/mol. The van der Waals surface area contributed by atoms with Gasteiger partial charge in [0.25, 0.3) is 0 Å². The lowest BCUT2D eigenvalue weighted by atomic mass is 9.96. The van der Waals surface area contributed by atoms with Crippen molar-refractivity contribution >= 4 is 22.6 Å². The largest absolute Gasteiger partial charge is 0.465 e. The van der Waals surface area contributed by atoms with Crippen LogP contribution in [0.2, 0.25) is 0 Å². The van der Waals surface area contributed by atoms with Gasteiger partial charge in [0.05, 0.1) is 18.3 Å². The molecule has 106 valence electrons. The van der Waals surface area contributed by atoms with E-state index in [0.29, 0.717) is 11.5 Å². The molecule has 1 heterocycles. The van der Waals surface area contributed by atoms with Gasteiger partial charge in [-0.2, -0.15) is 0 Å². The molecule has 0 radical (unpaired) electrons. The van der Waals surface area contributed by atoms with Gasteiger partial charge in [-0.1, -0.05) is 19.9 Å². The summed E-state index contributed by atoms with van der Waals surface area (Å²) in [4.78, 5) is 16.2. The number of esters is 1. The van der Waals surface area contributed by atoms with Gasteiger partial charge in [0.15, 0.2) is 0 Å². The number of hydrogen-bond donors (Lipinski definition) is 1. The summed E-state index contributed by atoms with van der Waals surface area (Å²) in [5.74, 6) is 0.101. The SMILES string of the molecule is CCC(C)c1ccc2ncc(C(=O)OC)c(NC)c2c1. The molecule has 4 heteroatoms. The van der Waals surface area contributed by atoms with Gasteiger partial charge in [0, 0.05) is 18.6 Å². The number of ether oxygens (including phenoxy) is 1. The van der Waals surface area contributed by atoms with Crippen molar-refractivity contribution in [1.82, 2.24) is 4.98 Å². The Morgan fingerprint density at radius 1 is 1.45 bits per heavy atom. The molecule has 0 fully saturated rings. The molecule has 0 bridgehead atoms. The maximum absolute atomic E-state index is 11.8. The monoisotopic (exact) mass is 272 g/mol. The molecule has 0 aliphatic rings. The second-order valence-electron chi connectivity index (χ2n) is 4.87. The highest BCUT2D eigenvalue weighted by Crippen LogP contribution is 2.30. The van der Waals surface area contributed by atoms with E-state index in [2.05, 4.69) is 36.3 Å². The van der Waals surface area contributed by atoms with Crippen molar-refractivity contribution in [3.05, 3.63) is 35.5 Å². The normalized spacial score (nSPS) is 12.2. The number of pyridine rings is 1. The first-order valence-electron chi connectivity index (χ1n) is 6.81. The van der Waals surface area contributed by atoms with Gasteiger partial charge in [-0.25, -0.2) is 4.79 Å². The van der Waals surface area contributed by atoms with Crippen molar-refractivity contribution in [3.8, 4) is 0 Å². The van der Waals surface area contributed by atoms with Gasteiger partial charge >= 0.3 is 5.97 Å². The second-order valence-corrected chi connectivity index (χ2v) is 4.87. The van der Waals surface area contributed by atoms with Crippen LogP contribution in [-0.4, -0.2) is 25.1 Å². The van der Waals surface area contributed by atoms with Crippen LogP contribution >= 0.6 is 0 Å². The molecule has 0 aliphatic heterocycles. The predicted molar refractivity (Wildman–Crippen MR) is 81.3 cm³/mol. The average Bonchev–Trinajstić information content (AvgIpc) is 2.51. The minimum atomic E-state index is -0.377. The van der Waals surface area contributed by atoms with Gasteiger partial charge in [0.1, 0.15) is 5.56 Å². The van der Waals surface area contributed by atoms with E-state index < -0.39 is 0 Å². The predicted octanol–water partition coefficient (Wildman–Crippen LogP) is 3.58. The summed E-state index contributed by atoms with van der Waals surface area (Å²) in [6.45, 7) is 4.36. The first-order valence-corrected chi connectivity index (χ1v) is 6.81. The number of nitrogens with one attached hydrogen (secondary N) is 1. The number of carbonyl (C=O) groups is 1. The van der Waals surface area contributed by atoms with Crippen molar-refractivity contribution in [2.45, 2.75) is 26.2 Å². The first-order chi connectivity index (χ1) is 9.62. The number of methoxy groups -OCH3 is 1. The summed E-state index contributed by atoms with van der Waals surface area (Å²) in [6.07, 6.45) is 2.63. The second kappa shape index (κ2) is 5.90. The Bertz CT molecular complexity index is 638. The number of aromatic nitrogens is 1. The molecule has 2 aromatic rings. The van der Waals surface area contributed by atoms with Gasteiger partial charge in [-0.05, 0) is 30.0 Å². The number of rotatable bonds is 4. The highest BCUT2D eigenvalue weighted by molar-refractivity contribution is 6.04. The van der Waals surface area contributed by atoms with Gasteiger partial charge < -0.3 is 10.1 Å². The van der Waals surface area contributed by atoms with E-state index in [1.807, 2.05) is 6.07 Å². The van der Waals surface area contributed by atoms with Crippen molar-refractivity contribution in [2.24, 2.45) is 0 Å². The number of carbonyl (C=O) groups excluding carboxylic acids is 1. The van der Waals surface area contributed by atoms with Crippen molar-refractivity contribution in [2.75, 3.05) is 19.5 Å². The fourth-order valence-corrected chi connectivity index (χ4v) is 2.29. The number of fused-ring (bicyclic) bond motifs is 1. The molecule has 1 aromatic heterocycles. The first kappa shape index (κ1) is 14.3. The minimum absolute atomic E-state index is 0.377. The van der Waals surface area contributed by atoms with E-state index in [1.54, 1.807) is 13.2 Å². The van der Waals surface area contributed by atoms with Crippen LogP contribution < -0.4 is 5.32 Å². The maximum atomic E-state index is 11.8. The lowest BCUT2D eigenvalue weighted by Crippen LogP contribution is -2.07. The fraction of sp³-hybridized carbons (Fsp3) is 0.375. The summed E-state index contributed by atoms with van der Waals surface area (Å²) in [6, 6.07) is 6.20. The Morgan fingerprint density at radius 2 is 2.20 bits per heavy atom. The topological polar surface area (TPSA) is 51.2 Å². The van der Waals surface area contributed by atoms with Gasteiger partial charge in [-0.15, -0.1) is 0 Å². The summed E-state index contributed by atoms with van der Waals surface area (Å²) in [7, 11) is 3.18. The lowest BCUT2D eigenvalue weighted by Gasteiger charge is -2.14. The van der Waals surface area contributed by atoms with Crippen LogP contribution in [0.4, 0.5) is 5.69 Å². The number of benzene rings is 1. The van der Waals surface area contributed by atoms with E-state index >= 15 is 0 Å². The van der Waals surface area contributed by atoms with Crippen LogP contribution in [0.15, 0.2) is 24.4 Å². The van der Waals surface area contributed by atoms with Crippen LogP contribution in [0.1, 0.15) is 42.1 Å². The standard InChI is InChI=1S/C16H20N2O2/c1-5-10(2)11-6-7-14-12(8-11)15(17-3)13(9-18-14)16(19)20-4/h6-10H,5H2,1-4H3,(H,17,18). The summed E-state index contributed by atoms with van der Waals surface area (Å²) in [5.41, 5.74) is 3.35. The zero-order chi connectivity index (χ0) is 14.7. The van der Waals surface area contributed by atoms with E-state index in [4.69, 9.17) is 4.74 Å². The van der Waals surface area contributed by atoms with Crippen LogP contribution in [-0.2, 0) is 4.74 Å². The third-order valence-electron chi connectivity index (χ3n) is 3.73. The van der Waals surface area contributed by atoms with E-state index in [9.17, 15) is 4.79 Å². The zero-order valence-electron chi connectivity index (χ0n) is 12.4. The highest BCUT2D eigenvalue weighted by Gasteiger charge is 2.16. The lowest BCUT2D eigenvalue weighted by molar-refractivity contribution is 0.0601. The van der Waals surface area contributed by atoms with Crippen LogP contribution in [0.25, 0.3) is 10.9 Å². The molecule has 1 atom stereocenters. The Kier molecular flexibility index (Phi) is 4.23. The molecular formula is C16H20N2O2. The third kappa shape index (κ3) is 2.46. The molecule has 0 saturated carbocycles. The van der Waals surface area contributed by atoms with Crippen molar-refractivity contribution in [3.63, 3.8) is 0 Å². The average molecular weight is 272 g/mol. The van der Waals surface area contributed by atoms with Crippen LogP contribution in [0.5, 0.6) is 0 Å². The molecule has 0 aliphatic carbocycles. The summed E-state index contributed by atoms with van der Waals surface area (Å²) >= 11 is 0. The van der Waals surface area contributed by atoms with Crippen molar-refractivity contribution in [1.29, 1.82) is 0 Å². The Hall–Kier alpha value is -2.10. The minimum Gasteiger partial charge on any atom is -0.465 e. The third-order valence-corrected chi connectivity index (χ3v) is 3.73. The highest BCUT2D eigenvalue weighted by atomic mass is 16.5. The molecule has 1 aromatic carbocycles. The molecule has 1 unspecified atom stereocenters. The maximum Gasteiger partial charge on any atom is 0.341 e. The molecule has 4 nitrogen and oxygen atoms in total. The number of nitrogens with zero attached hydrogens (tertiary/aromatic N) is 1. The molecule has 0 amide bonds. The van der Waals surface area contributed by atoms with Crippen molar-refractivity contribution < 1.29 is 9.53 Å². The summed E-state index contributed by atoms with van der Waals surface area (Å²) < 4.78 is 4.81. The Labute approximate surface area is 119 Å². The molecule has 2 rings (SSSR count). The molecule has 0 spiro atoms. The number of hydrogen-bond acceptors (Lipinski definition) is 4. The van der Waals surface area contributed by atoms with Crippen LogP contribution in [0, 0.1) is 0 Å². The molecule has 20 heavy (non-hydrogen) atoms. The Balaban J connectivity index is 2.67. The quantitative estimate of drug-likeness (QED) is 0.864.